The lowest BCUT2D eigenvalue weighted by atomic mass is 10.0. The lowest BCUT2D eigenvalue weighted by molar-refractivity contribution is -0.140. The van der Waals surface area contributed by atoms with Crippen LogP contribution in [0.5, 0.6) is 0 Å². The summed E-state index contributed by atoms with van der Waals surface area (Å²) in [4.78, 5) is 21.5. The van der Waals surface area contributed by atoms with Crippen molar-refractivity contribution in [1.82, 2.24) is 5.32 Å². The molecule has 0 aliphatic rings. The Labute approximate surface area is 120 Å². The van der Waals surface area contributed by atoms with Gasteiger partial charge in [0.2, 0.25) is 5.91 Å². The molecule has 0 saturated heterocycles. The SMILES string of the molecule is NC(=O)CCC(NC[C@@H](O)[C@@H](O)[C@H](O)[C@H](O)CO)C(=O)O. The summed E-state index contributed by atoms with van der Waals surface area (Å²) in [6, 6.07) is -1.17. The number of aliphatic hydroxyl groups is 5. The van der Waals surface area contributed by atoms with Gasteiger partial charge in [-0.1, -0.05) is 0 Å². The van der Waals surface area contributed by atoms with Crippen molar-refractivity contribution in [2.24, 2.45) is 5.73 Å². The van der Waals surface area contributed by atoms with Crippen LogP contribution in [0.15, 0.2) is 0 Å². The average Bonchev–Trinajstić information content (AvgIpc) is 2.43. The third-order valence-corrected chi connectivity index (χ3v) is 2.88. The second-order valence-electron chi connectivity index (χ2n) is 4.60. The molecule has 0 spiro atoms. The van der Waals surface area contributed by atoms with E-state index in [1.807, 2.05) is 0 Å². The number of carbonyl (C=O) groups is 2. The molecule has 0 aromatic carbocycles. The normalized spacial score (nSPS) is 18.5. The third kappa shape index (κ3) is 7.32. The smallest absolute Gasteiger partial charge is 0.320 e. The fourth-order valence-electron chi connectivity index (χ4n) is 1.55. The van der Waals surface area contributed by atoms with Gasteiger partial charge in [-0.25, -0.2) is 0 Å². The van der Waals surface area contributed by atoms with Crippen LogP contribution < -0.4 is 11.1 Å². The topological polar surface area (TPSA) is 194 Å². The van der Waals surface area contributed by atoms with Crippen LogP contribution in [0.4, 0.5) is 0 Å². The Morgan fingerprint density at radius 3 is 2.00 bits per heavy atom. The minimum Gasteiger partial charge on any atom is -0.480 e. The van der Waals surface area contributed by atoms with Gasteiger partial charge in [-0.15, -0.1) is 0 Å². The second kappa shape index (κ2) is 9.60. The Bertz CT molecular complexity index is 340. The first-order chi connectivity index (χ1) is 9.70. The summed E-state index contributed by atoms with van der Waals surface area (Å²) in [7, 11) is 0. The fraction of sp³-hybridized carbons (Fsp3) is 0.818. The van der Waals surface area contributed by atoms with E-state index in [0.717, 1.165) is 0 Å². The number of hydrogen-bond acceptors (Lipinski definition) is 8. The minimum atomic E-state index is -1.79. The predicted octanol–water partition coefficient (Wildman–Crippen LogP) is -4.27. The van der Waals surface area contributed by atoms with E-state index < -0.39 is 55.5 Å². The van der Waals surface area contributed by atoms with Crippen molar-refractivity contribution in [1.29, 1.82) is 0 Å². The number of rotatable bonds is 11. The lowest BCUT2D eigenvalue weighted by Crippen LogP contribution is -2.51. The average molecular weight is 310 g/mol. The van der Waals surface area contributed by atoms with Crippen LogP contribution >= 0.6 is 0 Å². The molecule has 0 rings (SSSR count). The maximum absolute atomic E-state index is 10.9. The molecule has 10 nitrogen and oxygen atoms in total. The second-order valence-corrected chi connectivity index (χ2v) is 4.60. The summed E-state index contributed by atoms with van der Waals surface area (Å²) in [5, 5.41) is 57.5. The standard InChI is InChI=1S/C11H22N2O8/c12-8(17)2-1-5(11(20)21)13-3-6(15)9(18)10(19)7(16)4-14/h5-7,9-10,13-16,18-19H,1-4H2,(H2,12,17)(H,20,21)/t5?,6-,7-,9-,10-/m1/s1. The molecule has 1 unspecified atom stereocenters. The summed E-state index contributed by atoms with van der Waals surface area (Å²) >= 11 is 0. The van der Waals surface area contributed by atoms with E-state index in [1.54, 1.807) is 0 Å². The van der Waals surface area contributed by atoms with Crippen molar-refractivity contribution in [3.8, 4) is 0 Å². The molecule has 9 N–H and O–H groups in total. The maximum atomic E-state index is 10.9. The molecule has 0 aromatic heterocycles. The molecule has 0 aliphatic carbocycles. The van der Waals surface area contributed by atoms with E-state index in [4.69, 9.17) is 21.1 Å². The Kier molecular flexibility index (Phi) is 9.01. The zero-order chi connectivity index (χ0) is 16.6. The first kappa shape index (κ1) is 19.7. The van der Waals surface area contributed by atoms with Crippen LogP contribution in [0.1, 0.15) is 12.8 Å². The Hall–Kier alpha value is -1.30. The van der Waals surface area contributed by atoms with Gasteiger partial charge in [0.15, 0.2) is 0 Å². The molecule has 0 aliphatic heterocycles. The number of carboxylic acid groups (broad SMARTS) is 1. The van der Waals surface area contributed by atoms with Crippen molar-refractivity contribution >= 4 is 11.9 Å². The van der Waals surface area contributed by atoms with E-state index >= 15 is 0 Å². The van der Waals surface area contributed by atoms with E-state index in [0.29, 0.717) is 0 Å². The quantitative estimate of drug-likeness (QED) is 0.186. The summed E-state index contributed by atoms with van der Waals surface area (Å²) in [6.45, 7) is -1.22. The van der Waals surface area contributed by atoms with Gasteiger partial charge in [0.05, 0.1) is 12.7 Å². The van der Waals surface area contributed by atoms with Crippen molar-refractivity contribution < 1.29 is 40.2 Å². The van der Waals surface area contributed by atoms with Gasteiger partial charge in [-0.2, -0.15) is 0 Å². The molecule has 5 atom stereocenters. The molecular formula is C11H22N2O8. The zero-order valence-corrected chi connectivity index (χ0v) is 11.3. The van der Waals surface area contributed by atoms with Crippen LogP contribution in [0.2, 0.25) is 0 Å². The number of aliphatic hydroxyl groups excluding tert-OH is 5. The van der Waals surface area contributed by atoms with Crippen molar-refractivity contribution in [2.45, 2.75) is 43.3 Å². The number of hydrogen-bond donors (Lipinski definition) is 8. The molecule has 0 heterocycles. The fourth-order valence-corrected chi connectivity index (χ4v) is 1.55. The number of nitrogens with two attached hydrogens (primary N) is 1. The Morgan fingerprint density at radius 1 is 1.05 bits per heavy atom. The summed E-state index contributed by atoms with van der Waals surface area (Å²) in [5.41, 5.74) is 4.90. The van der Waals surface area contributed by atoms with Gasteiger partial charge in [0, 0.05) is 13.0 Å². The summed E-state index contributed by atoms with van der Waals surface area (Å²) in [6.07, 6.45) is -7.08. The van der Waals surface area contributed by atoms with Crippen LogP contribution in [0.25, 0.3) is 0 Å². The van der Waals surface area contributed by atoms with Gasteiger partial charge in [0.25, 0.3) is 0 Å². The molecule has 0 fully saturated rings. The molecular weight excluding hydrogens is 288 g/mol. The lowest BCUT2D eigenvalue weighted by Gasteiger charge is -2.26. The highest BCUT2D eigenvalue weighted by Gasteiger charge is 2.30. The molecule has 21 heavy (non-hydrogen) atoms. The molecule has 10 heteroatoms. The van der Waals surface area contributed by atoms with E-state index in [-0.39, 0.29) is 12.8 Å². The minimum absolute atomic E-state index is 0.102. The number of carboxylic acids is 1. The number of amides is 1. The van der Waals surface area contributed by atoms with E-state index in [1.165, 1.54) is 0 Å². The first-order valence-electron chi connectivity index (χ1n) is 6.28. The number of primary amides is 1. The molecule has 124 valence electrons. The first-order valence-corrected chi connectivity index (χ1v) is 6.28. The Balaban J connectivity index is 4.38. The molecule has 0 bridgehead atoms. The number of nitrogens with one attached hydrogen (secondary N) is 1. The molecule has 0 radical (unpaired) electrons. The maximum Gasteiger partial charge on any atom is 0.320 e. The summed E-state index contributed by atoms with van der Waals surface area (Å²) < 4.78 is 0. The van der Waals surface area contributed by atoms with E-state index in [9.17, 15) is 24.9 Å². The zero-order valence-electron chi connectivity index (χ0n) is 11.3. The highest BCUT2D eigenvalue weighted by atomic mass is 16.4. The summed E-state index contributed by atoms with van der Waals surface area (Å²) in [5.74, 6) is -1.95. The Morgan fingerprint density at radius 2 is 1.57 bits per heavy atom. The monoisotopic (exact) mass is 310 g/mol. The van der Waals surface area contributed by atoms with E-state index in [2.05, 4.69) is 5.32 Å². The van der Waals surface area contributed by atoms with Crippen LogP contribution in [-0.2, 0) is 9.59 Å². The van der Waals surface area contributed by atoms with Gasteiger partial charge >= 0.3 is 5.97 Å². The van der Waals surface area contributed by atoms with Gasteiger partial charge in [-0.05, 0) is 6.42 Å². The van der Waals surface area contributed by atoms with Crippen LogP contribution in [0, 0.1) is 0 Å². The van der Waals surface area contributed by atoms with Gasteiger partial charge < -0.3 is 41.7 Å². The van der Waals surface area contributed by atoms with Crippen molar-refractivity contribution in [3.05, 3.63) is 0 Å². The number of aliphatic carboxylic acids is 1. The van der Waals surface area contributed by atoms with Crippen LogP contribution in [0.3, 0.4) is 0 Å². The third-order valence-electron chi connectivity index (χ3n) is 2.88. The highest BCUT2D eigenvalue weighted by Crippen LogP contribution is 2.05. The van der Waals surface area contributed by atoms with Crippen molar-refractivity contribution in [3.63, 3.8) is 0 Å². The highest BCUT2D eigenvalue weighted by molar-refractivity contribution is 5.77. The number of carbonyl (C=O) groups excluding carboxylic acids is 1. The largest absolute Gasteiger partial charge is 0.480 e. The van der Waals surface area contributed by atoms with Gasteiger partial charge in [0.1, 0.15) is 24.4 Å². The van der Waals surface area contributed by atoms with Crippen LogP contribution in [-0.4, -0.2) is 86.1 Å². The predicted molar refractivity (Wildman–Crippen MR) is 69.0 cm³/mol. The molecule has 0 aromatic rings. The van der Waals surface area contributed by atoms with Gasteiger partial charge in [-0.3, -0.25) is 9.59 Å². The van der Waals surface area contributed by atoms with Crippen molar-refractivity contribution in [2.75, 3.05) is 13.2 Å². The molecule has 0 saturated carbocycles. The molecule has 1 amide bonds.